The third-order valence-electron chi connectivity index (χ3n) is 2.78. The molecule has 0 saturated heterocycles. The molecule has 18 heavy (non-hydrogen) atoms. The van der Waals surface area contributed by atoms with E-state index in [0.717, 1.165) is 5.56 Å². The molecule has 0 aliphatic carbocycles. The van der Waals surface area contributed by atoms with Gasteiger partial charge in [-0.05, 0) is 38.5 Å². The normalized spacial score (nSPS) is 14.3. The number of ether oxygens (including phenoxy) is 2. The van der Waals surface area contributed by atoms with Crippen LogP contribution in [0.3, 0.4) is 0 Å². The molecule has 4 heteroatoms. The van der Waals surface area contributed by atoms with E-state index in [9.17, 15) is 4.39 Å². The molecular formula is C14H22FNO2. The van der Waals surface area contributed by atoms with E-state index in [1.807, 2.05) is 13.8 Å². The fourth-order valence-corrected chi connectivity index (χ4v) is 1.81. The standard InChI is InChI=1S/C14H22FNO2/c1-5-18-9-10(2)16-11(3)12-6-7-13(15)14(8-12)17-4/h6-8,10-11,16H,5,9H2,1-4H3. The van der Waals surface area contributed by atoms with Gasteiger partial charge in [-0.1, -0.05) is 6.07 Å². The second kappa shape index (κ2) is 7.34. The first-order valence-electron chi connectivity index (χ1n) is 6.25. The summed E-state index contributed by atoms with van der Waals surface area (Å²) in [5, 5.41) is 3.40. The third kappa shape index (κ3) is 4.27. The lowest BCUT2D eigenvalue weighted by atomic mass is 10.1. The maximum absolute atomic E-state index is 13.3. The summed E-state index contributed by atoms with van der Waals surface area (Å²) in [5.41, 5.74) is 0.997. The van der Waals surface area contributed by atoms with Crippen LogP contribution < -0.4 is 10.1 Å². The van der Waals surface area contributed by atoms with Crippen molar-refractivity contribution in [2.45, 2.75) is 32.9 Å². The lowest BCUT2D eigenvalue weighted by molar-refractivity contribution is 0.124. The van der Waals surface area contributed by atoms with Crippen molar-refractivity contribution in [1.29, 1.82) is 0 Å². The molecule has 102 valence electrons. The van der Waals surface area contributed by atoms with E-state index in [0.29, 0.717) is 13.2 Å². The molecule has 1 N–H and O–H groups in total. The van der Waals surface area contributed by atoms with Crippen LogP contribution in [0.4, 0.5) is 4.39 Å². The molecule has 0 aliphatic rings. The fraction of sp³-hybridized carbons (Fsp3) is 0.571. The molecule has 0 radical (unpaired) electrons. The second-order valence-electron chi connectivity index (χ2n) is 4.34. The van der Waals surface area contributed by atoms with Crippen LogP contribution in [-0.2, 0) is 4.74 Å². The van der Waals surface area contributed by atoms with Gasteiger partial charge in [0.05, 0.1) is 13.7 Å². The van der Waals surface area contributed by atoms with Gasteiger partial charge in [0.2, 0.25) is 0 Å². The molecule has 0 amide bonds. The molecule has 3 nitrogen and oxygen atoms in total. The number of benzene rings is 1. The first kappa shape index (κ1) is 14.9. The van der Waals surface area contributed by atoms with Crippen LogP contribution in [0.15, 0.2) is 18.2 Å². The van der Waals surface area contributed by atoms with Crippen LogP contribution in [0.2, 0.25) is 0 Å². The minimum Gasteiger partial charge on any atom is -0.494 e. The van der Waals surface area contributed by atoms with E-state index >= 15 is 0 Å². The van der Waals surface area contributed by atoms with Gasteiger partial charge in [-0.3, -0.25) is 0 Å². The molecule has 1 aromatic carbocycles. The molecule has 0 saturated carbocycles. The number of halogens is 1. The van der Waals surface area contributed by atoms with Gasteiger partial charge in [-0.15, -0.1) is 0 Å². The summed E-state index contributed by atoms with van der Waals surface area (Å²) in [4.78, 5) is 0. The Morgan fingerprint density at radius 3 is 2.67 bits per heavy atom. The molecule has 2 unspecified atom stereocenters. The second-order valence-corrected chi connectivity index (χ2v) is 4.34. The molecule has 0 spiro atoms. The molecule has 1 aromatic rings. The molecule has 2 atom stereocenters. The maximum atomic E-state index is 13.3. The maximum Gasteiger partial charge on any atom is 0.165 e. The van der Waals surface area contributed by atoms with Gasteiger partial charge in [0.1, 0.15) is 0 Å². The number of hydrogen-bond acceptors (Lipinski definition) is 3. The van der Waals surface area contributed by atoms with E-state index in [2.05, 4.69) is 12.2 Å². The van der Waals surface area contributed by atoms with Crippen LogP contribution in [0.5, 0.6) is 5.75 Å². The highest BCUT2D eigenvalue weighted by Gasteiger charge is 2.12. The number of hydrogen-bond donors (Lipinski definition) is 1. The Hall–Kier alpha value is -1.13. The van der Waals surface area contributed by atoms with E-state index < -0.39 is 0 Å². The Morgan fingerprint density at radius 2 is 2.06 bits per heavy atom. The summed E-state index contributed by atoms with van der Waals surface area (Å²) >= 11 is 0. The average Bonchev–Trinajstić information content (AvgIpc) is 2.36. The van der Waals surface area contributed by atoms with Crippen LogP contribution >= 0.6 is 0 Å². The zero-order valence-electron chi connectivity index (χ0n) is 11.5. The topological polar surface area (TPSA) is 30.5 Å². The highest BCUT2D eigenvalue weighted by molar-refractivity contribution is 5.31. The lowest BCUT2D eigenvalue weighted by Gasteiger charge is -2.20. The van der Waals surface area contributed by atoms with Gasteiger partial charge in [0.25, 0.3) is 0 Å². The SMILES string of the molecule is CCOCC(C)NC(C)c1ccc(F)c(OC)c1. The van der Waals surface area contributed by atoms with E-state index in [-0.39, 0.29) is 23.7 Å². The number of nitrogens with one attached hydrogen (secondary N) is 1. The predicted octanol–water partition coefficient (Wildman–Crippen LogP) is 2.91. The molecule has 0 aromatic heterocycles. The molecule has 0 heterocycles. The Kier molecular flexibility index (Phi) is 6.09. The molecule has 1 rings (SSSR count). The first-order valence-corrected chi connectivity index (χ1v) is 6.25. The largest absolute Gasteiger partial charge is 0.494 e. The van der Waals surface area contributed by atoms with Gasteiger partial charge >= 0.3 is 0 Å². The average molecular weight is 255 g/mol. The van der Waals surface area contributed by atoms with Crippen LogP contribution in [0.1, 0.15) is 32.4 Å². The van der Waals surface area contributed by atoms with Crippen molar-refractivity contribution < 1.29 is 13.9 Å². The number of methoxy groups -OCH3 is 1. The summed E-state index contributed by atoms with van der Waals surface area (Å²) in [7, 11) is 1.47. The molecule has 0 aliphatic heterocycles. The Bertz CT molecular complexity index is 371. The smallest absolute Gasteiger partial charge is 0.165 e. The van der Waals surface area contributed by atoms with E-state index in [1.165, 1.54) is 13.2 Å². The van der Waals surface area contributed by atoms with Crippen molar-refractivity contribution in [3.8, 4) is 5.75 Å². The van der Waals surface area contributed by atoms with E-state index in [1.54, 1.807) is 12.1 Å². The van der Waals surface area contributed by atoms with E-state index in [4.69, 9.17) is 9.47 Å². The fourth-order valence-electron chi connectivity index (χ4n) is 1.81. The van der Waals surface area contributed by atoms with Crippen molar-refractivity contribution >= 4 is 0 Å². The van der Waals surface area contributed by atoms with Crippen molar-refractivity contribution in [2.24, 2.45) is 0 Å². The van der Waals surface area contributed by atoms with Gasteiger partial charge in [0.15, 0.2) is 11.6 Å². The summed E-state index contributed by atoms with van der Waals surface area (Å²) in [5.74, 6) is -0.0607. The lowest BCUT2D eigenvalue weighted by Crippen LogP contribution is -2.32. The third-order valence-corrected chi connectivity index (χ3v) is 2.78. The predicted molar refractivity (Wildman–Crippen MR) is 70.5 cm³/mol. The van der Waals surface area contributed by atoms with Gasteiger partial charge in [-0.2, -0.15) is 0 Å². The van der Waals surface area contributed by atoms with Gasteiger partial charge in [-0.25, -0.2) is 4.39 Å². The molecular weight excluding hydrogens is 233 g/mol. The Morgan fingerprint density at radius 1 is 1.33 bits per heavy atom. The summed E-state index contributed by atoms with van der Waals surface area (Å²) in [6, 6.07) is 5.29. The summed E-state index contributed by atoms with van der Waals surface area (Å²) in [6.45, 7) is 7.45. The molecule has 0 bridgehead atoms. The zero-order valence-corrected chi connectivity index (χ0v) is 11.5. The molecule has 0 fully saturated rings. The summed E-state index contributed by atoms with van der Waals surface area (Å²) < 4.78 is 23.6. The van der Waals surface area contributed by atoms with Crippen molar-refractivity contribution in [1.82, 2.24) is 5.32 Å². The van der Waals surface area contributed by atoms with Gasteiger partial charge < -0.3 is 14.8 Å². The number of rotatable bonds is 7. The van der Waals surface area contributed by atoms with Crippen LogP contribution in [0, 0.1) is 5.82 Å². The minimum absolute atomic E-state index is 0.120. The van der Waals surface area contributed by atoms with Crippen molar-refractivity contribution in [2.75, 3.05) is 20.3 Å². The van der Waals surface area contributed by atoms with Crippen molar-refractivity contribution in [3.05, 3.63) is 29.6 Å². The van der Waals surface area contributed by atoms with Crippen molar-refractivity contribution in [3.63, 3.8) is 0 Å². The minimum atomic E-state index is -0.337. The monoisotopic (exact) mass is 255 g/mol. The van der Waals surface area contributed by atoms with Crippen LogP contribution in [-0.4, -0.2) is 26.4 Å². The first-order chi connectivity index (χ1) is 8.58. The zero-order chi connectivity index (χ0) is 13.5. The Balaban J connectivity index is 2.63. The highest BCUT2D eigenvalue weighted by atomic mass is 19.1. The highest BCUT2D eigenvalue weighted by Crippen LogP contribution is 2.22. The quantitative estimate of drug-likeness (QED) is 0.812. The Labute approximate surface area is 108 Å². The van der Waals surface area contributed by atoms with Crippen LogP contribution in [0.25, 0.3) is 0 Å². The van der Waals surface area contributed by atoms with Gasteiger partial charge in [0, 0.05) is 18.7 Å². The summed E-state index contributed by atoms with van der Waals surface area (Å²) in [6.07, 6.45) is 0.